The zero-order valence-corrected chi connectivity index (χ0v) is 7.29. The van der Waals surface area contributed by atoms with E-state index in [-0.39, 0.29) is 0 Å². The summed E-state index contributed by atoms with van der Waals surface area (Å²) < 4.78 is 39.6. The molecule has 0 bridgehead atoms. The van der Waals surface area contributed by atoms with Crippen molar-refractivity contribution in [3.8, 4) is 0 Å². The van der Waals surface area contributed by atoms with Crippen molar-refractivity contribution in [2.24, 2.45) is 0 Å². The maximum atomic E-state index is 11.9. The quantitative estimate of drug-likeness (QED) is 0.682. The van der Waals surface area contributed by atoms with Crippen molar-refractivity contribution in [3.63, 3.8) is 0 Å². The summed E-state index contributed by atoms with van der Waals surface area (Å²) in [5, 5.41) is 0. The van der Waals surface area contributed by atoms with E-state index in [4.69, 9.17) is 0 Å². The second-order valence-corrected chi connectivity index (χ2v) is 2.63. The average molecular weight is 202 g/mol. The third kappa shape index (κ3) is 3.22. The highest BCUT2D eigenvalue weighted by Crippen LogP contribution is 2.28. The topological polar surface area (TPSA) is 9.23 Å². The van der Waals surface area contributed by atoms with Gasteiger partial charge in [0.1, 0.15) is 6.10 Å². The van der Waals surface area contributed by atoms with Crippen LogP contribution in [0.3, 0.4) is 0 Å². The largest absolute Gasteiger partial charge is 0.523 e. The van der Waals surface area contributed by atoms with E-state index in [0.29, 0.717) is 5.56 Å². The molecule has 0 aromatic heterocycles. The normalized spacial score (nSPS) is 13.6. The lowest BCUT2D eigenvalue weighted by atomic mass is 10.1. The third-order valence-electron chi connectivity index (χ3n) is 1.60. The predicted octanol–water partition coefficient (Wildman–Crippen LogP) is 3.45. The van der Waals surface area contributed by atoms with Crippen molar-refractivity contribution in [1.29, 1.82) is 0 Å². The molecule has 0 aliphatic rings. The van der Waals surface area contributed by atoms with Gasteiger partial charge >= 0.3 is 6.36 Å². The number of alkyl halides is 3. The predicted molar refractivity (Wildman–Crippen MR) is 46.5 cm³/mol. The number of hydrogen-bond acceptors (Lipinski definition) is 1. The Labute approximate surface area is 79.8 Å². The van der Waals surface area contributed by atoms with E-state index >= 15 is 0 Å². The summed E-state index contributed by atoms with van der Waals surface area (Å²) in [6, 6.07) is 8.12. The average Bonchev–Trinajstić information content (AvgIpc) is 2.14. The van der Waals surface area contributed by atoms with Gasteiger partial charge in [-0.1, -0.05) is 36.4 Å². The van der Waals surface area contributed by atoms with Crippen LogP contribution in [0, 0.1) is 0 Å². The number of benzene rings is 1. The maximum Gasteiger partial charge on any atom is 0.523 e. The lowest BCUT2D eigenvalue weighted by Crippen LogP contribution is -2.16. The summed E-state index contributed by atoms with van der Waals surface area (Å²) in [5.41, 5.74) is 0.430. The van der Waals surface area contributed by atoms with Gasteiger partial charge < -0.3 is 0 Å². The highest BCUT2D eigenvalue weighted by atomic mass is 19.4. The van der Waals surface area contributed by atoms with Gasteiger partial charge in [-0.25, -0.2) is 0 Å². The van der Waals surface area contributed by atoms with Crippen LogP contribution in [0.15, 0.2) is 43.0 Å². The Morgan fingerprint density at radius 2 is 1.79 bits per heavy atom. The van der Waals surface area contributed by atoms with Gasteiger partial charge in [-0.2, -0.15) is 0 Å². The first-order valence-electron chi connectivity index (χ1n) is 3.95. The lowest BCUT2D eigenvalue weighted by Gasteiger charge is -2.15. The second-order valence-electron chi connectivity index (χ2n) is 2.63. The first-order chi connectivity index (χ1) is 6.53. The van der Waals surface area contributed by atoms with Crippen molar-refractivity contribution in [3.05, 3.63) is 48.6 Å². The van der Waals surface area contributed by atoms with Crippen LogP contribution in [0.25, 0.3) is 0 Å². The zero-order chi connectivity index (χ0) is 10.6. The van der Waals surface area contributed by atoms with E-state index in [1.807, 2.05) is 0 Å². The van der Waals surface area contributed by atoms with E-state index in [0.717, 1.165) is 6.08 Å². The molecular weight excluding hydrogens is 193 g/mol. The molecule has 14 heavy (non-hydrogen) atoms. The zero-order valence-electron chi connectivity index (χ0n) is 7.29. The van der Waals surface area contributed by atoms with Gasteiger partial charge in [0.2, 0.25) is 0 Å². The molecule has 0 spiro atoms. The lowest BCUT2D eigenvalue weighted by molar-refractivity contribution is -0.338. The smallest absolute Gasteiger partial charge is 0.280 e. The fraction of sp³-hybridized carbons (Fsp3) is 0.200. The molecule has 0 aliphatic heterocycles. The van der Waals surface area contributed by atoms with Crippen LogP contribution in [0.1, 0.15) is 11.7 Å². The molecule has 1 unspecified atom stereocenters. The Morgan fingerprint density at radius 1 is 1.21 bits per heavy atom. The molecule has 0 amide bonds. The Bertz CT molecular complexity index is 292. The second kappa shape index (κ2) is 4.28. The first-order valence-corrected chi connectivity index (χ1v) is 3.95. The molecule has 1 rings (SSSR count). The van der Waals surface area contributed by atoms with Gasteiger partial charge in [0.15, 0.2) is 0 Å². The van der Waals surface area contributed by atoms with E-state index < -0.39 is 12.5 Å². The molecule has 0 heterocycles. The summed E-state index contributed by atoms with van der Waals surface area (Å²) in [4.78, 5) is 0. The minimum Gasteiger partial charge on any atom is -0.280 e. The standard InChI is InChI=1S/C10H9F3O/c1-2-9(14-10(11,12)13)8-6-4-3-5-7-8/h2-7,9H,1H2. The molecule has 0 saturated heterocycles. The molecule has 76 valence electrons. The van der Waals surface area contributed by atoms with Crippen LogP contribution in [-0.4, -0.2) is 6.36 Å². The summed E-state index contributed by atoms with van der Waals surface area (Å²) in [7, 11) is 0. The fourth-order valence-electron chi connectivity index (χ4n) is 1.04. The van der Waals surface area contributed by atoms with Crippen LogP contribution in [-0.2, 0) is 4.74 Å². The van der Waals surface area contributed by atoms with Crippen molar-refractivity contribution < 1.29 is 17.9 Å². The van der Waals surface area contributed by atoms with Gasteiger partial charge in [0.05, 0.1) is 0 Å². The third-order valence-corrected chi connectivity index (χ3v) is 1.60. The van der Waals surface area contributed by atoms with E-state index in [2.05, 4.69) is 11.3 Å². The SMILES string of the molecule is C=CC(OC(F)(F)F)c1ccccc1. The van der Waals surface area contributed by atoms with Crippen molar-refractivity contribution >= 4 is 0 Å². The van der Waals surface area contributed by atoms with Gasteiger partial charge in [-0.15, -0.1) is 19.8 Å². The maximum absolute atomic E-state index is 11.9. The summed E-state index contributed by atoms with van der Waals surface area (Å²) >= 11 is 0. The van der Waals surface area contributed by atoms with Gasteiger partial charge in [0.25, 0.3) is 0 Å². The van der Waals surface area contributed by atoms with Crippen LogP contribution in [0.5, 0.6) is 0 Å². The van der Waals surface area contributed by atoms with Crippen molar-refractivity contribution in [2.45, 2.75) is 12.5 Å². The fourth-order valence-corrected chi connectivity index (χ4v) is 1.04. The Hall–Kier alpha value is -1.29. The molecule has 0 fully saturated rings. The Balaban J connectivity index is 2.78. The number of rotatable bonds is 3. The van der Waals surface area contributed by atoms with Crippen LogP contribution in [0.4, 0.5) is 13.2 Å². The number of halogens is 3. The molecular formula is C10H9F3O. The van der Waals surface area contributed by atoms with Crippen molar-refractivity contribution in [2.75, 3.05) is 0 Å². The summed E-state index contributed by atoms with van der Waals surface area (Å²) in [6.45, 7) is 3.30. The molecule has 1 nitrogen and oxygen atoms in total. The molecule has 0 aliphatic carbocycles. The van der Waals surface area contributed by atoms with Crippen LogP contribution >= 0.6 is 0 Å². The van der Waals surface area contributed by atoms with Crippen LogP contribution in [0.2, 0.25) is 0 Å². The minimum atomic E-state index is -4.64. The molecule has 4 heteroatoms. The van der Waals surface area contributed by atoms with Gasteiger partial charge in [0, 0.05) is 0 Å². The van der Waals surface area contributed by atoms with Crippen molar-refractivity contribution in [1.82, 2.24) is 0 Å². The monoisotopic (exact) mass is 202 g/mol. The molecule has 0 saturated carbocycles. The summed E-state index contributed by atoms with van der Waals surface area (Å²) in [5.74, 6) is 0. The minimum absolute atomic E-state index is 0.430. The molecule has 1 aromatic carbocycles. The van der Waals surface area contributed by atoms with E-state index in [9.17, 15) is 13.2 Å². The highest BCUT2D eigenvalue weighted by molar-refractivity contribution is 5.20. The highest BCUT2D eigenvalue weighted by Gasteiger charge is 2.32. The first kappa shape index (κ1) is 10.8. The van der Waals surface area contributed by atoms with Gasteiger partial charge in [-0.05, 0) is 5.56 Å². The number of ether oxygens (including phenoxy) is 1. The summed E-state index contributed by atoms with van der Waals surface area (Å²) in [6.07, 6.45) is -4.67. The molecule has 0 N–H and O–H groups in total. The molecule has 1 atom stereocenters. The van der Waals surface area contributed by atoms with Gasteiger partial charge in [-0.3, -0.25) is 4.74 Å². The Morgan fingerprint density at radius 3 is 2.21 bits per heavy atom. The van der Waals surface area contributed by atoms with E-state index in [1.165, 1.54) is 0 Å². The molecule has 1 aromatic rings. The Kier molecular flexibility index (Phi) is 3.30. The van der Waals surface area contributed by atoms with Crippen LogP contribution < -0.4 is 0 Å². The van der Waals surface area contributed by atoms with E-state index in [1.54, 1.807) is 30.3 Å². The number of hydrogen-bond donors (Lipinski definition) is 0. The molecule has 0 radical (unpaired) electrons.